The molecule has 1 amide bonds. The van der Waals surface area contributed by atoms with E-state index in [0.29, 0.717) is 28.8 Å². The summed E-state index contributed by atoms with van der Waals surface area (Å²) in [5.74, 6) is 1.23. The monoisotopic (exact) mass is 421 g/mol. The van der Waals surface area contributed by atoms with Gasteiger partial charge in [-0.15, -0.1) is 5.10 Å². The van der Waals surface area contributed by atoms with Crippen molar-refractivity contribution >= 4 is 22.9 Å². The molecule has 1 fully saturated rings. The average molecular weight is 421 g/mol. The molecule has 10 heteroatoms. The van der Waals surface area contributed by atoms with Crippen LogP contribution in [0.1, 0.15) is 17.3 Å². The number of anilines is 1. The van der Waals surface area contributed by atoms with E-state index in [0.717, 1.165) is 29.9 Å². The number of carbonyl (C=O) groups is 1. The van der Waals surface area contributed by atoms with Crippen LogP contribution in [0.3, 0.4) is 0 Å². The molecule has 0 saturated carbocycles. The zero-order valence-corrected chi connectivity index (χ0v) is 17.5. The molecule has 1 aliphatic heterocycles. The largest absolute Gasteiger partial charge is 0.479 e. The van der Waals surface area contributed by atoms with Crippen LogP contribution in [0.4, 0.5) is 5.95 Å². The van der Waals surface area contributed by atoms with Crippen molar-refractivity contribution in [2.75, 3.05) is 32.7 Å². The van der Waals surface area contributed by atoms with Crippen molar-refractivity contribution in [3.8, 4) is 17.0 Å². The molecule has 0 spiro atoms. The standard InChI is InChI=1S/C21H23N7O3/c1-12(14-10-31-11-14)24-21-25-20(30-3)18-15(5-7-28(18)26-21)13-4-6-27-17(8-13)16(9-23-27)19(29)22-2/h4-9,12,14H,10-11H2,1-3H3,(H,22,29)(H,24,26)/t12-/m0/s1. The van der Waals surface area contributed by atoms with Crippen molar-refractivity contribution in [1.29, 1.82) is 0 Å². The number of pyridine rings is 1. The Morgan fingerprint density at radius 2 is 2.10 bits per heavy atom. The summed E-state index contributed by atoms with van der Waals surface area (Å²) in [7, 11) is 3.19. The van der Waals surface area contributed by atoms with Gasteiger partial charge in [-0.2, -0.15) is 10.1 Å². The van der Waals surface area contributed by atoms with E-state index in [1.165, 1.54) is 0 Å². The summed E-state index contributed by atoms with van der Waals surface area (Å²) >= 11 is 0. The third-order valence-corrected chi connectivity index (χ3v) is 5.70. The maximum absolute atomic E-state index is 12.2. The number of fused-ring (bicyclic) bond motifs is 2. The van der Waals surface area contributed by atoms with Gasteiger partial charge in [0, 0.05) is 37.0 Å². The van der Waals surface area contributed by atoms with Gasteiger partial charge in [-0.25, -0.2) is 9.03 Å². The summed E-state index contributed by atoms with van der Waals surface area (Å²) < 4.78 is 14.3. The van der Waals surface area contributed by atoms with Gasteiger partial charge in [0.05, 0.1) is 37.6 Å². The third kappa shape index (κ3) is 3.25. The molecule has 0 aromatic carbocycles. The number of amides is 1. The predicted molar refractivity (Wildman–Crippen MR) is 115 cm³/mol. The molecule has 1 saturated heterocycles. The second-order valence-electron chi connectivity index (χ2n) is 7.58. The fourth-order valence-electron chi connectivity index (χ4n) is 3.75. The molecule has 5 rings (SSSR count). The van der Waals surface area contributed by atoms with Gasteiger partial charge in [0.1, 0.15) is 5.52 Å². The van der Waals surface area contributed by atoms with Crippen molar-refractivity contribution in [2.24, 2.45) is 5.92 Å². The second kappa shape index (κ2) is 7.55. The summed E-state index contributed by atoms with van der Waals surface area (Å²) in [5, 5.41) is 14.9. The van der Waals surface area contributed by atoms with Crippen molar-refractivity contribution < 1.29 is 14.3 Å². The number of nitrogens with zero attached hydrogens (tertiary/aromatic N) is 5. The van der Waals surface area contributed by atoms with Gasteiger partial charge >= 0.3 is 0 Å². The average Bonchev–Trinajstić information content (AvgIpc) is 3.35. The highest BCUT2D eigenvalue weighted by Gasteiger charge is 2.26. The molecule has 0 unspecified atom stereocenters. The Hall–Kier alpha value is -3.66. The first-order valence-corrected chi connectivity index (χ1v) is 10.1. The number of nitrogens with one attached hydrogen (secondary N) is 2. The van der Waals surface area contributed by atoms with Gasteiger partial charge in [-0.1, -0.05) is 0 Å². The van der Waals surface area contributed by atoms with Gasteiger partial charge in [-0.05, 0) is 30.7 Å². The van der Waals surface area contributed by atoms with Gasteiger partial charge < -0.3 is 20.1 Å². The van der Waals surface area contributed by atoms with Crippen LogP contribution in [0.15, 0.2) is 36.8 Å². The van der Waals surface area contributed by atoms with Crippen molar-refractivity contribution in [2.45, 2.75) is 13.0 Å². The molecule has 0 bridgehead atoms. The lowest BCUT2D eigenvalue weighted by molar-refractivity contribution is -0.0380. The molecule has 0 radical (unpaired) electrons. The van der Waals surface area contributed by atoms with Crippen molar-refractivity contribution in [3.05, 3.63) is 42.4 Å². The number of hydrogen-bond donors (Lipinski definition) is 2. The fourth-order valence-corrected chi connectivity index (χ4v) is 3.75. The van der Waals surface area contributed by atoms with Gasteiger partial charge in [0.25, 0.3) is 5.91 Å². The lowest BCUT2D eigenvalue weighted by atomic mass is 10.0. The zero-order chi connectivity index (χ0) is 21.5. The summed E-state index contributed by atoms with van der Waals surface area (Å²) in [6.45, 7) is 3.59. The quantitative estimate of drug-likeness (QED) is 0.489. The van der Waals surface area contributed by atoms with Crippen LogP contribution in [0.2, 0.25) is 0 Å². The first-order valence-electron chi connectivity index (χ1n) is 10.1. The number of hydrogen-bond acceptors (Lipinski definition) is 7. The van der Waals surface area contributed by atoms with Gasteiger partial charge in [-0.3, -0.25) is 4.79 Å². The first-order chi connectivity index (χ1) is 15.1. The minimum absolute atomic E-state index is 0.184. The second-order valence-corrected chi connectivity index (χ2v) is 7.58. The Labute approximate surface area is 178 Å². The van der Waals surface area contributed by atoms with Crippen LogP contribution in [0, 0.1) is 5.92 Å². The lowest BCUT2D eigenvalue weighted by Crippen LogP contribution is -2.40. The molecular formula is C21H23N7O3. The molecule has 4 aromatic heterocycles. The number of ether oxygens (including phenoxy) is 2. The lowest BCUT2D eigenvalue weighted by Gasteiger charge is -2.31. The molecular weight excluding hydrogens is 398 g/mol. The van der Waals surface area contributed by atoms with Crippen LogP contribution in [0.5, 0.6) is 5.88 Å². The Morgan fingerprint density at radius 3 is 2.81 bits per heavy atom. The molecule has 4 aromatic rings. The molecule has 1 aliphatic rings. The van der Waals surface area contributed by atoms with Gasteiger partial charge in [0.2, 0.25) is 11.8 Å². The SMILES string of the molecule is CNC(=O)c1cnn2ccc(-c3ccn4nc(N[C@@H](C)C5COC5)nc(OC)c34)cc12. The zero-order valence-electron chi connectivity index (χ0n) is 17.5. The van der Waals surface area contributed by atoms with Crippen molar-refractivity contribution in [1.82, 2.24) is 29.5 Å². The van der Waals surface area contributed by atoms with Crippen LogP contribution < -0.4 is 15.4 Å². The molecule has 2 N–H and O–H groups in total. The third-order valence-electron chi connectivity index (χ3n) is 5.70. The Balaban J connectivity index is 1.56. The minimum Gasteiger partial charge on any atom is -0.479 e. The Morgan fingerprint density at radius 1 is 1.29 bits per heavy atom. The molecule has 1 atom stereocenters. The first kappa shape index (κ1) is 19.3. The maximum atomic E-state index is 12.2. The summed E-state index contributed by atoms with van der Waals surface area (Å²) in [5.41, 5.74) is 3.78. The van der Waals surface area contributed by atoms with Crippen LogP contribution >= 0.6 is 0 Å². The highest BCUT2D eigenvalue weighted by Crippen LogP contribution is 2.32. The van der Waals surface area contributed by atoms with E-state index >= 15 is 0 Å². The minimum atomic E-state index is -0.184. The number of rotatable bonds is 6. The topological polar surface area (TPSA) is 107 Å². The summed E-state index contributed by atoms with van der Waals surface area (Å²) in [6.07, 6.45) is 5.26. The normalized spacial score (nSPS) is 15.1. The van der Waals surface area contributed by atoms with Crippen LogP contribution in [0.25, 0.3) is 22.2 Å². The van der Waals surface area contributed by atoms with E-state index in [4.69, 9.17) is 9.47 Å². The van der Waals surface area contributed by atoms with E-state index in [1.54, 1.807) is 29.4 Å². The van der Waals surface area contributed by atoms with E-state index in [9.17, 15) is 4.79 Å². The Bertz CT molecular complexity index is 1270. The van der Waals surface area contributed by atoms with E-state index in [1.807, 2.05) is 30.6 Å². The van der Waals surface area contributed by atoms with E-state index < -0.39 is 0 Å². The van der Waals surface area contributed by atoms with Crippen molar-refractivity contribution in [3.63, 3.8) is 0 Å². The Kier molecular flexibility index (Phi) is 4.70. The fraction of sp³-hybridized carbons (Fsp3) is 0.333. The number of methoxy groups -OCH3 is 1. The van der Waals surface area contributed by atoms with E-state index in [-0.39, 0.29) is 11.9 Å². The number of aromatic nitrogens is 5. The molecule has 5 heterocycles. The molecule has 31 heavy (non-hydrogen) atoms. The van der Waals surface area contributed by atoms with Crippen LogP contribution in [-0.2, 0) is 4.74 Å². The predicted octanol–water partition coefficient (Wildman–Crippen LogP) is 1.86. The number of carbonyl (C=O) groups excluding carboxylic acids is 1. The smallest absolute Gasteiger partial charge is 0.254 e. The van der Waals surface area contributed by atoms with E-state index in [2.05, 4.69) is 32.7 Å². The highest BCUT2D eigenvalue weighted by atomic mass is 16.5. The van der Waals surface area contributed by atoms with Crippen LogP contribution in [-0.4, -0.2) is 63.5 Å². The summed E-state index contributed by atoms with van der Waals surface area (Å²) in [6, 6.07) is 6.02. The molecule has 0 aliphatic carbocycles. The molecule has 160 valence electrons. The van der Waals surface area contributed by atoms with Gasteiger partial charge in [0.15, 0.2) is 0 Å². The highest BCUT2D eigenvalue weighted by molar-refractivity contribution is 6.01. The summed E-state index contributed by atoms with van der Waals surface area (Å²) in [4.78, 5) is 16.8. The molecule has 10 nitrogen and oxygen atoms in total. The maximum Gasteiger partial charge on any atom is 0.254 e.